The van der Waals surface area contributed by atoms with Crippen molar-refractivity contribution in [3.8, 4) is 0 Å². The van der Waals surface area contributed by atoms with E-state index in [9.17, 15) is 4.79 Å². The van der Waals surface area contributed by atoms with Gasteiger partial charge < -0.3 is 15.7 Å². The Labute approximate surface area is 139 Å². The van der Waals surface area contributed by atoms with Crippen LogP contribution in [0.4, 0.5) is 0 Å². The highest BCUT2D eigenvalue weighted by Crippen LogP contribution is 2.09. The second kappa shape index (κ2) is 7.77. The number of nitrogens with one attached hydrogen (secondary N) is 2. The fourth-order valence-electron chi connectivity index (χ4n) is 1.79. The van der Waals surface area contributed by atoms with Gasteiger partial charge in [0.2, 0.25) is 0 Å². The molecule has 0 spiro atoms. The first kappa shape index (κ1) is 16.3. The molecule has 2 rings (SSSR count). The topological polar surface area (TPSA) is 61.4 Å². The second-order valence-corrected chi connectivity index (χ2v) is 5.51. The van der Waals surface area contributed by atoms with Crippen LogP contribution in [-0.4, -0.2) is 16.2 Å². The van der Waals surface area contributed by atoms with Crippen LogP contribution in [0.3, 0.4) is 0 Å². The number of hydrogen-bond donors (Lipinski definition) is 3. The van der Waals surface area contributed by atoms with Gasteiger partial charge in [0.1, 0.15) is 0 Å². The number of aromatic carboxylic acids is 1. The van der Waals surface area contributed by atoms with Crippen LogP contribution in [0.5, 0.6) is 0 Å². The van der Waals surface area contributed by atoms with Gasteiger partial charge in [0.05, 0.1) is 5.56 Å². The summed E-state index contributed by atoms with van der Waals surface area (Å²) in [4.78, 5) is 10.8. The molecule has 0 bridgehead atoms. The first-order valence-corrected chi connectivity index (χ1v) is 7.41. The third-order valence-electron chi connectivity index (χ3n) is 3.02. The average molecular weight is 335 g/mol. The van der Waals surface area contributed by atoms with E-state index in [1.165, 1.54) is 0 Å². The van der Waals surface area contributed by atoms with Crippen molar-refractivity contribution < 1.29 is 9.90 Å². The molecule has 0 aliphatic heterocycles. The molecule has 0 aromatic heterocycles. The minimum Gasteiger partial charge on any atom is -0.478 e. The van der Waals surface area contributed by atoms with Crippen molar-refractivity contribution in [2.45, 2.75) is 13.1 Å². The maximum absolute atomic E-state index is 10.8. The maximum Gasteiger partial charge on any atom is 0.335 e. The number of carboxylic acid groups (broad SMARTS) is 1. The fourth-order valence-corrected chi connectivity index (χ4v) is 2.06. The van der Waals surface area contributed by atoms with Gasteiger partial charge in [-0.1, -0.05) is 35.9 Å². The van der Waals surface area contributed by atoms with Crippen LogP contribution in [-0.2, 0) is 13.1 Å². The number of carboxylic acids is 1. The lowest BCUT2D eigenvalue weighted by atomic mass is 10.1. The van der Waals surface area contributed by atoms with Crippen molar-refractivity contribution in [3.05, 3.63) is 70.2 Å². The maximum atomic E-state index is 10.8. The van der Waals surface area contributed by atoms with E-state index in [4.69, 9.17) is 28.9 Å². The summed E-state index contributed by atoms with van der Waals surface area (Å²) in [6.07, 6.45) is 0. The quantitative estimate of drug-likeness (QED) is 0.733. The minimum atomic E-state index is -0.931. The zero-order chi connectivity index (χ0) is 15.9. The molecular weight excluding hydrogens is 320 g/mol. The van der Waals surface area contributed by atoms with Crippen molar-refractivity contribution in [2.75, 3.05) is 0 Å². The van der Waals surface area contributed by atoms with E-state index in [1.54, 1.807) is 24.3 Å². The molecule has 3 N–H and O–H groups in total. The molecule has 0 fully saturated rings. The van der Waals surface area contributed by atoms with Crippen molar-refractivity contribution in [3.63, 3.8) is 0 Å². The molecule has 22 heavy (non-hydrogen) atoms. The van der Waals surface area contributed by atoms with Crippen molar-refractivity contribution in [1.29, 1.82) is 0 Å². The van der Waals surface area contributed by atoms with Gasteiger partial charge in [-0.15, -0.1) is 0 Å². The summed E-state index contributed by atoms with van der Waals surface area (Å²) in [7, 11) is 0. The number of halogens is 1. The molecule has 0 aliphatic carbocycles. The SMILES string of the molecule is O=C(O)c1ccc(CNC(=S)NCc2ccc(Cl)cc2)cc1. The Morgan fingerprint density at radius 3 is 1.86 bits per heavy atom. The van der Waals surface area contributed by atoms with E-state index in [0.29, 0.717) is 23.2 Å². The Morgan fingerprint density at radius 1 is 0.955 bits per heavy atom. The van der Waals surface area contributed by atoms with Gasteiger partial charge in [0.15, 0.2) is 5.11 Å². The van der Waals surface area contributed by atoms with Gasteiger partial charge in [0.25, 0.3) is 0 Å². The lowest BCUT2D eigenvalue weighted by Gasteiger charge is -2.11. The predicted octanol–water partition coefficient (Wildman–Crippen LogP) is 3.20. The summed E-state index contributed by atoms with van der Waals surface area (Å²) in [5, 5.41) is 16.3. The smallest absolute Gasteiger partial charge is 0.335 e. The number of benzene rings is 2. The van der Waals surface area contributed by atoms with E-state index >= 15 is 0 Å². The standard InChI is InChI=1S/C16H15ClN2O2S/c17-14-7-3-12(4-8-14)10-19-16(22)18-9-11-1-5-13(6-2-11)15(20)21/h1-8H,9-10H2,(H,20,21)(H2,18,19,22). The molecule has 0 unspecified atom stereocenters. The first-order valence-electron chi connectivity index (χ1n) is 6.63. The van der Waals surface area contributed by atoms with Gasteiger partial charge in [0, 0.05) is 18.1 Å². The predicted molar refractivity (Wildman–Crippen MR) is 91.1 cm³/mol. The summed E-state index contributed by atoms with van der Waals surface area (Å²) in [5.41, 5.74) is 2.31. The van der Waals surface area contributed by atoms with Gasteiger partial charge in [-0.3, -0.25) is 0 Å². The Hall–Kier alpha value is -2.11. The number of thiocarbonyl (C=S) groups is 1. The van der Waals surface area contributed by atoms with E-state index in [0.717, 1.165) is 11.1 Å². The zero-order valence-corrected chi connectivity index (χ0v) is 13.2. The normalized spacial score (nSPS) is 10.0. The van der Waals surface area contributed by atoms with E-state index < -0.39 is 5.97 Å². The molecule has 6 heteroatoms. The summed E-state index contributed by atoms with van der Waals surface area (Å²) < 4.78 is 0. The summed E-state index contributed by atoms with van der Waals surface area (Å²) in [6, 6.07) is 14.2. The molecule has 0 aliphatic rings. The molecule has 2 aromatic rings. The summed E-state index contributed by atoms with van der Waals surface area (Å²) in [5.74, 6) is -0.931. The lowest BCUT2D eigenvalue weighted by Crippen LogP contribution is -2.34. The first-order chi connectivity index (χ1) is 10.5. The molecule has 0 amide bonds. The van der Waals surface area contributed by atoms with Gasteiger partial charge in [-0.05, 0) is 47.6 Å². The van der Waals surface area contributed by atoms with Crippen LogP contribution >= 0.6 is 23.8 Å². The molecule has 0 saturated heterocycles. The Morgan fingerprint density at radius 2 is 1.41 bits per heavy atom. The number of carbonyl (C=O) groups is 1. The van der Waals surface area contributed by atoms with Crippen molar-refractivity contribution in [1.82, 2.24) is 10.6 Å². The van der Waals surface area contributed by atoms with Gasteiger partial charge in [-0.2, -0.15) is 0 Å². The molecule has 0 radical (unpaired) electrons. The highest BCUT2D eigenvalue weighted by Gasteiger charge is 2.02. The van der Waals surface area contributed by atoms with Crippen molar-refractivity contribution >= 4 is 34.9 Å². The molecule has 4 nitrogen and oxygen atoms in total. The van der Waals surface area contributed by atoms with Crippen LogP contribution in [0, 0.1) is 0 Å². The minimum absolute atomic E-state index is 0.271. The molecule has 0 heterocycles. The van der Waals surface area contributed by atoms with Crippen LogP contribution in [0.25, 0.3) is 0 Å². The van der Waals surface area contributed by atoms with Gasteiger partial charge >= 0.3 is 5.97 Å². The monoisotopic (exact) mass is 334 g/mol. The summed E-state index contributed by atoms with van der Waals surface area (Å²) >= 11 is 11.0. The Bertz CT molecular complexity index is 657. The third-order valence-corrected chi connectivity index (χ3v) is 3.56. The molecule has 0 saturated carbocycles. The Kier molecular flexibility index (Phi) is 5.75. The zero-order valence-electron chi connectivity index (χ0n) is 11.7. The number of hydrogen-bond acceptors (Lipinski definition) is 2. The molecule has 2 aromatic carbocycles. The van der Waals surface area contributed by atoms with Crippen LogP contribution in [0.15, 0.2) is 48.5 Å². The van der Waals surface area contributed by atoms with Crippen LogP contribution in [0.2, 0.25) is 5.02 Å². The van der Waals surface area contributed by atoms with Crippen LogP contribution in [0.1, 0.15) is 21.5 Å². The Balaban J connectivity index is 1.77. The van der Waals surface area contributed by atoms with E-state index in [-0.39, 0.29) is 5.56 Å². The highest BCUT2D eigenvalue weighted by molar-refractivity contribution is 7.80. The molecular formula is C16H15ClN2O2S. The van der Waals surface area contributed by atoms with Crippen LogP contribution < -0.4 is 10.6 Å². The average Bonchev–Trinajstić information content (AvgIpc) is 2.52. The molecule has 114 valence electrons. The van der Waals surface area contributed by atoms with E-state index in [2.05, 4.69) is 10.6 Å². The van der Waals surface area contributed by atoms with Crippen molar-refractivity contribution in [2.24, 2.45) is 0 Å². The largest absolute Gasteiger partial charge is 0.478 e. The lowest BCUT2D eigenvalue weighted by molar-refractivity contribution is 0.0697. The second-order valence-electron chi connectivity index (χ2n) is 4.66. The third kappa shape index (κ3) is 5.02. The highest BCUT2D eigenvalue weighted by atomic mass is 35.5. The summed E-state index contributed by atoms with van der Waals surface area (Å²) in [6.45, 7) is 1.15. The molecule has 0 atom stereocenters. The number of rotatable bonds is 5. The van der Waals surface area contributed by atoms with E-state index in [1.807, 2.05) is 24.3 Å². The van der Waals surface area contributed by atoms with Gasteiger partial charge in [-0.25, -0.2) is 4.79 Å². The fraction of sp³-hybridized carbons (Fsp3) is 0.125.